The van der Waals surface area contributed by atoms with Crippen molar-refractivity contribution in [2.24, 2.45) is 0 Å². The molecule has 0 radical (unpaired) electrons. The third-order valence-electron chi connectivity index (χ3n) is 3.86. The first-order chi connectivity index (χ1) is 10.3. The number of hydrogen-bond donors (Lipinski definition) is 3. The highest BCUT2D eigenvalue weighted by atomic mass is 16.4. The number of fused-ring (bicyclic) bond motifs is 2. The molecule has 6 heteroatoms. The zero-order chi connectivity index (χ0) is 16.2. The molecule has 0 bridgehead atoms. The molecule has 0 atom stereocenters. The minimum atomic E-state index is -1.34. The molecule has 2 aromatic rings. The highest BCUT2D eigenvalue weighted by Crippen LogP contribution is 2.38. The highest BCUT2D eigenvalue weighted by Gasteiger charge is 2.30. The summed E-state index contributed by atoms with van der Waals surface area (Å²) in [5.74, 6) is -3.19. The molecule has 0 saturated heterocycles. The Balaban J connectivity index is 2.31. The molecule has 0 saturated carbocycles. The number of rotatable bonds is 1. The summed E-state index contributed by atoms with van der Waals surface area (Å²) < 4.78 is 0. The van der Waals surface area contributed by atoms with Crippen LogP contribution in [0.3, 0.4) is 0 Å². The van der Waals surface area contributed by atoms with Crippen molar-refractivity contribution in [2.45, 2.75) is 13.3 Å². The van der Waals surface area contributed by atoms with Crippen LogP contribution in [0.15, 0.2) is 18.2 Å². The number of carbonyl (C=O) groups excluding carboxylic acids is 1. The number of phenolic OH excluding ortho intramolecular Hbond substituents is 1. The number of carboxylic acids is 1. The van der Waals surface area contributed by atoms with E-state index in [1.165, 1.54) is 19.1 Å². The van der Waals surface area contributed by atoms with E-state index in [-0.39, 0.29) is 34.4 Å². The predicted molar refractivity (Wildman–Crippen MR) is 73.6 cm³/mol. The Morgan fingerprint density at radius 3 is 2.41 bits per heavy atom. The zero-order valence-electron chi connectivity index (χ0n) is 11.5. The maximum Gasteiger partial charge on any atom is 0.339 e. The van der Waals surface area contributed by atoms with Crippen molar-refractivity contribution in [3.05, 3.63) is 51.6 Å². The minimum Gasteiger partial charge on any atom is -0.872 e. The molecule has 0 spiro atoms. The fourth-order valence-corrected chi connectivity index (χ4v) is 2.98. The maximum absolute atomic E-state index is 12.6. The second kappa shape index (κ2) is 4.49. The van der Waals surface area contributed by atoms with Gasteiger partial charge >= 0.3 is 5.97 Å². The first-order valence-electron chi connectivity index (χ1n) is 6.47. The molecule has 2 aromatic carbocycles. The van der Waals surface area contributed by atoms with Crippen LogP contribution < -0.4 is 5.11 Å². The van der Waals surface area contributed by atoms with Gasteiger partial charge in [0.25, 0.3) is 0 Å². The van der Waals surface area contributed by atoms with Crippen molar-refractivity contribution in [2.75, 3.05) is 0 Å². The first-order valence-corrected chi connectivity index (χ1v) is 6.47. The third-order valence-corrected chi connectivity index (χ3v) is 3.86. The van der Waals surface area contributed by atoms with Gasteiger partial charge < -0.3 is 20.4 Å². The van der Waals surface area contributed by atoms with Crippen LogP contribution in [0.2, 0.25) is 0 Å². The number of benzene rings is 2. The van der Waals surface area contributed by atoms with Gasteiger partial charge in [-0.2, -0.15) is 0 Å². The Morgan fingerprint density at radius 2 is 1.77 bits per heavy atom. The van der Waals surface area contributed by atoms with Crippen LogP contribution in [0.4, 0.5) is 0 Å². The molecule has 112 valence electrons. The van der Waals surface area contributed by atoms with E-state index in [0.717, 1.165) is 6.07 Å². The van der Waals surface area contributed by atoms with E-state index >= 15 is 0 Å². The van der Waals surface area contributed by atoms with E-state index in [0.29, 0.717) is 11.1 Å². The van der Waals surface area contributed by atoms with Gasteiger partial charge in [0.15, 0.2) is 5.78 Å². The van der Waals surface area contributed by atoms with Gasteiger partial charge in [-0.15, -0.1) is 0 Å². The van der Waals surface area contributed by atoms with Crippen LogP contribution in [0, 0.1) is 6.92 Å². The lowest BCUT2D eigenvalue weighted by molar-refractivity contribution is -0.268. The molecule has 0 unspecified atom stereocenters. The number of aromatic carboxylic acids is 1. The SMILES string of the molecule is Cc1c(C(=O)O)c(O)cc2c1C(=O)c1c([O-])cc(O)cc1C2. The average molecular weight is 299 g/mol. The standard InChI is InChI=1S/C16H12O6/c1-6-12-8(4-10(18)13(6)16(21)22)2-7-3-9(17)5-11(19)14(7)15(12)20/h3-5,17-19H,2H2,1H3,(H,21,22)/p-1. The number of ketones is 1. The smallest absolute Gasteiger partial charge is 0.339 e. The van der Waals surface area contributed by atoms with E-state index in [9.17, 15) is 24.9 Å². The molecular formula is C16H11O6-. The van der Waals surface area contributed by atoms with Gasteiger partial charge in [0, 0.05) is 11.1 Å². The van der Waals surface area contributed by atoms with E-state index in [1.807, 2.05) is 0 Å². The number of aromatic hydroxyl groups is 2. The van der Waals surface area contributed by atoms with Crippen LogP contribution in [0.1, 0.15) is 43.0 Å². The van der Waals surface area contributed by atoms with Crippen molar-refractivity contribution in [3.8, 4) is 17.2 Å². The summed E-state index contributed by atoms with van der Waals surface area (Å²) in [6.07, 6.45) is 0.161. The van der Waals surface area contributed by atoms with E-state index < -0.39 is 23.3 Å². The molecule has 22 heavy (non-hydrogen) atoms. The van der Waals surface area contributed by atoms with E-state index in [4.69, 9.17) is 5.11 Å². The number of carboxylic acid groups (broad SMARTS) is 1. The summed E-state index contributed by atoms with van der Waals surface area (Å²) in [6, 6.07) is 3.51. The second-order valence-electron chi connectivity index (χ2n) is 5.22. The summed E-state index contributed by atoms with van der Waals surface area (Å²) >= 11 is 0. The normalized spacial score (nSPS) is 12.7. The van der Waals surface area contributed by atoms with Crippen LogP contribution >= 0.6 is 0 Å². The molecule has 1 aliphatic carbocycles. The number of phenols is 2. The van der Waals surface area contributed by atoms with Crippen LogP contribution in [-0.4, -0.2) is 27.1 Å². The molecule has 0 aromatic heterocycles. The molecule has 6 nitrogen and oxygen atoms in total. The fraction of sp³-hybridized carbons (Fsp3) is 0.125. The van der Waals surface area contributed by atoms with Crippen molar-refractivity contribution in [3.63, 3.8) is 0 Å². The Hall–Kier alpha value is -3.02. The van der Waals surface area contributed by atoms with Crippen LogP contribution in [0.5, 0.6) is 17.2 Å². The number of hydrogen-bond acceptors (Lipinski definition) is 5. The van der Waals surface area contributed by atoms with Crippen molar-refractivity contribution >= 4 is 11.8 Å². The predicted octanol–water partition coefficient (Wildman–Crippen LogP) is 1.31. The lowest BCUT2D eigenvalue weighted by Crippen LogP contribution is -2.20. The molecule has 3 N–H and O–H groups in total. The second-order valence-corrected chi connectivity index (χ2v) is 5.22. The minimum absolute atomic E-state index is 0.0598. The third kappa shape index (κ3) is 1.81. The summed E-state index contributed by atoms with van der Waals surface area (Å²) in [4.78, 5) is 23.8. The lowest BCUT2D eigenvalue weighted by Gasteiger charge is -2.25. The van der Waals surface area contributed by atoms with Gasteiger partial charge in [0.2, 0.25) is 0 Å². The quantitative estimate of drug-likeness (QED) is 0.623. The molecule has 0 aliphatic heterocycles. The Labute approximate surface area is 124 Å². The lowest BCUT2D eigenvalue weighted by atomic mass is 9.80. The molecule has 0 fully saturated rings. The number of carbonyl (C=O) groups is 2. The largest absolute Gasteiger partial charge is 0.872 e. The summed E-state index contributed by atoms with van der Waals surface area (Å²) in [5, 5.41) is 40.5. The van der Waals surface area contributed by atoms with Gasteiger partial charge in [-0.3, -0.25) is 4.79 Å². The molecular weight excluding hydrogens is 288 g/mol. The van der Waals surface area contributed by atoms with Gasteiger partial charge in [0.1, 0.15) is 17.1 Å². The maximum atomic E-state index is 12.6. The Morgan fingerprint density at radius 1 is 1.14 bits per heavy atom. The topological polar surface area (TPSA) is 118 Å². The van der Waals surface area contributed by atoms with E-state index in [2.05, 4.69) is 0 Å². The highest BCUT2D eigenvalue weighted by molar-refractivity contribution is 6.16. The fourth-order valence-electron chi connectivity index (χ4n) is 2.98. The Bertz CT molecular complexity index is 850. The zero-order valence-corrected chi connectivity index (χ0v) is 11.5. The summed E-state index contributed by atoms with van der Waals surface area (Å²) in [7, 11) is 0. The van der Waals surface area contributed by atoms with Crippen molar-refractivity contribution in [1.82, 2.24) is 0 Å². The molecule has 0 amide bonds. The van der Waals surface area contributed by atoms with E-state index in [1.54, 1.807) is 0 Å². The van der Waals surface area contributed by atoms with Gasteiger partial charge in [-0.25, -0.2) is 4.79 Å². The molecule has 0 heterocycles. The van der Waals surface area contributed by atoms with Gasteiger partial charge in [-0.1, -0.05) is 5.75 Å². The Kier molecular flexibility index (Phi) is 2.84. The van der Waals surface area contributed by atoms with Crippen LogP contribution in [0.25, 0.3) is 0 Å². The summed E-state index contributed by atoms with van der Waals surface area (Å²) in [6.45, 7) is 1.43. The van der Waals surface area contributed by atoms with Crippen LogP contribution in [-0.2, 0) is 6.42 Å². The summed E-state index contributed by atoms with van der Waals surface area (Å²) in [5.41, 5.74) is 0.653. The molecule has 3 rings (SSSR count). The monoisotopic (exact) mass is 299 g/mol. The van der Waals surface area contributed by atoms with Gasteiger partial charge in [0.05, 0.1) is 0 Å². The van der Waals surface area contributed by atoms with Gasteiger partial charge in [-0.05, 0) is 48.2 Å². The van der Waals surface area contributed by atoms with Crippen molar-refractivity contribution in [1.29, 1.82) is 0 Å². The molecule has 1 aliphatic rings. The van der Waals surface area contributed by atoms with Crippen molar-refractivity contribution < 1.29 is 30.0 Å². The first kappa shape index (κ1) is 13.9. The average Bonchev–Trinajstić information content (AvgIpc) is 2.35.